The molecule has 77 heavy (non-hydrogen) atoms. The van der Waals surface area contributed by atoms with Crippen LogP contribution >= 0.6 is 0 Å². The summed E-state index contributed by atoms with van der Waals surface area (Å²) in [5.74, 6) is -3.38. The van der Waals surface area contributed by atoms with Crippen LogP contribution < -0.4 is 32.3 Å². The molecular formula is C56H89N9O12. The summed E-state index contributed by atoms with van der Waals surface area (Å²) in [6.07, 6.45) is -0.335. The number of carbonyl (C=O) groups excluding carboxylic acids is 8. The molecule has 1 fully saturated rings. The van der Waals surface area contributed by atoms with Crippen LogP contribution in [0.1, 0.15) is 124 Å². The van der Waals surface area contributed by atoms with Gasteiger partial charge in [0.05, 0.1) is 48.8 Å². The predicted molar refractivity (Wildman–Crippen MR) is 293 cm³/mol. The number of nitrogens with two attached hydrogens (primary N) is 1. The molecule has 0 bridgehead atoms. The molecule has 21 nitrogen and oxygen atoms in total. The van der Waals surface area contributed by atoms with Gasteiger partial charge in [-0.2, -0.15) is 0 Å². The Morgan fingerprint density at radius 2 is 1.45 bits per heavy atom. The standard InChI is InChI=1S/C56H89N9O12/c1-14-35(6)48(44(75-12)31-46(67)65-29-19-23-43(65)50(76-13)36(7)51(69)59-37(8)49(68)40-20-16-15-17-21-40)63(10)54(72)38(9)60-53(71)47(34(4)5)64(11)56(74)77-32-39-24-26-41(27-25-39)61-52(70)42(22-18-28-58-55(57)73)62-45(66)30-33(2)3/h15-17,20-21,24-27,33-38,42-44,47-50,68H,14,18-19,22-23,28-32H2,1-13H3,(H,59,69)(H,60,71)(H,61,70)(H,62,66)(H3,57,58,73)/t35-,36+,37+,38-,42-,43-,44+,47-,48-,49+,50+/m0/s1. The Hall–Kier alpha value is -6.32. The molecule has 21 heteroatoms. The number of urea groups is 1. The number of carbonyl (C=O) groups is 8. The van der Waals surface area contributed by atoms with Crippen molar-refractivity contribution in [2.75, 3.05) is 46.7 Å². The average Bonchev–Trinajstić information content (AvgIpc) is 3.88. The van der Waals surface area contributed by atoms with Crippen molar-refractivity contribution in [1.82, 2.24) is 36.0 Å². The van der Waals surface area contributed by atoms with E-state index < -0.39 is 96.2 Å². The molecule has 11 atom stereocenters. The molecule has 0 radical (unpaired) electrons. The molecule has 2 aromatic carbocycles. The first-order chi connectivity index (χ1) is 36.4. The van der Waals surface area contributed by atoms with Crippen LogP contribution in [0.2, 0.25) is 0 Å². The number of likely N-dealkylation sites (tertiary alicyclic amines) is 1. The zero-order valence-corrected chi connectivity index (χ0v) is 47.6. The van der Waals surface area contributed by atoms with E-state index in [9.17, 15) is 43.5 Å². The number of benzene rings is 2. The maximum atomic E-state index is 14.3. The number of anilines is 1. The minimum absolute atomic E-state index is 0.0687. The minimum atomic E-state index is -1.04. The molecule has 9 amide bonds. The number of likely N-dealkylation sites (N-methyl/N-ethyl adjacent to an activating group) is 2. The van der Waals surface area contributed by atoms with Crippen LogP contribution in [-0.2, 0) is 49.6 Å². The van der Waals surface area contributed by atoms with Crippen molar-refractivity contribution in [3.63, 3.8) is 0 Å². The summed E-state index contributed by atoms with van der Waals surface area (Å²) in [5, 5.41) is 24.7. The second-order valence-electron chi connectivity index (χ2n) is 21.2. The van der Waals surface area contributed by atoms with Crippen molar-refractivity contribution in [1.29, 1.82) is 0 Å². The van der Waals surface area contributed by atoms with Crippen LogP contribution in [0.15, 0.2) is 54.6 Å². The van der Waals surface area contributed by atoms with E-state index in [0.717, 1.165) is 0 Å². The van der Waals surface area contributed by atoms with Gasteiger partial charge in [-0.1, -0.05) is 97.4 Å². The largest absolute Gasteiger partial charge is 0.445 e. The van der Waals surface area contributed by atoms with E-state index in [1.807, 2.05) is 45.9 Å². The number of aliphatic hydroxyl groups excluding tert-OH is 1. The lowest BCUT2D eigenvalue weighted by atomic mass is 9.90. The summed E-state index contributed by atoms with van der Waals surface area (Å²) in [6.45, 7) is 16.8. The molecule has 2 aromatic rings. The highest BCUT2D eigenvalue weighted by Gasteiger charge is 2.43. The first kappa shape index (κ1) is 65.0. The van der Waals surface area contributed by atoms with E-state index in [2.05, 4.69) is 26.6 Å². The molecule has 1 saturated heterocycles. The summed E-state index contributed by atoms with van der Waals surface area (Å²) >= 11 is 0. The maximum Gasteiger partial charge on any atom is 0.410 e. The van der Waals surface area contributed by atoms with Crippen molar-refractivity contribution in [2.24, 2.45) is 29.4 Å². The van der Waals surface area contributed by atoms with Gasteiger partial charge < -0.3 is 61.4 Å². The van der Waals surface area contributed by atoms with Crippen molar-refractivity contribution in [2.45, 2.75) is 168 Å². The van der Waals surface area contributed by atoms with Crippen molar-refractivity contribution in [3.8, 4) is 0 Å². The van der Waals surface area contributed by atoms with E-state index in [-0.39, 0.29) is 62.0 Å². The number of methoxy groups -OCH3 is 2. The van der Waals surface area contributed by atoms with Crippen molar-refractivity contribution >= 4 is 53.3 Å². The van der Waals surface area contributed by atoms with Gasteiger partial charge in [-0.3, -0.25) is 33.7 Å². The Labute approximate surface area is 455 Å². The summed E-state index contributed by atoms with van der Waals surface area (Å²) in [4.78, 5) is 111. The molecule has 0 saturated carbocycles. The zero-order chi connectivity index (χ0) is 57.7. The summed E-state index contributed by atoms with van der Waals surface area (Å²) in [7, 11) is 6.08. The molecule has 0 spiro atoms. The van der Waals surface area contributed by atoms with Gasteiger partial charge in [-0.25, -0.2) is 9.59 Å². The van der Waals surface area contributed by atoms with Crippen LogP contribution in [0.4, 0.5) is 15.3 Å². The van der Waals surface area contributed by atoms with Crippen molar-refractivity contribution < 1.29 is 57.7 Å². The van der Waals surface area contributed by atoms with Crippen LogP contribution in [-0.4, -0.2) is 157 Å². The highest BCUT2D eigenvalue weighted by molar-refractivity contribution is 5.97. The maximum absolute atomic E-state index is 14.3. The molecule has 0 aliphatic carbocycles. The Kier molecular flexibility index (Phi) is 26.8. The first-order valence-electron chi connectivity index (χ1n) is 26.9. The number of amides is 9. The fourth-order valence-electron chi connectivity index (χ4n) is 9.96. The third-order valence-electron chi connectivity index (χ3n) is 14.4. The number of nitrogens with one attached hydrogen (secondary N) is 5. The summed E-state index contributed by atoms with van der Waals surface area (Å²) in [6, 6.07) is 10.4. The van der Waals surface area contributed by atoms with E-state index in [0.29, 0.717) is 49.0 Å². The SMILES string of the molecule is CC[C@H](C)[C@@H]([C@@H](CC(=O)N1CCC[C@H]1[C@H](OC)[C@@H](C)C(=O)N[C@H](C)[C@@H](O)c1ccccc1)OC)N(C)C(=O)[C@H](C)NC(=O)[C@H](C(C)C)N(C)C(=O)OCc1ccc(NC(=O)[C@H](CCCNC(N)=O)NC(=O)CC(C)C)cc1. The molecule has 3 rings (SSSR count). The fourth-order valence-corrected chi connectivity index (χ4v) is 9.96. The van der Waals surface area contributed by atoms with Crippen molar-refractivity contribution in [3.05, 3.63) is 65.7 Å². The Morgan fingerprint density at radius 1 is 0.805 bits per heavy atom. The molecule has 0 aromatic heterocycles. The van der Waals surface area contributed by atoms with Crippen LogP contribution in [0, 0.1) is 23.7 Å². The highest BCUT2D eigenvalue weighted by atomic mass is 16.6. The van der Waals surface area contributed by atoms with E-state index in [1.54, 1.807) is 83.0 Å². The number of primary amides is 1. The van der Waals surface area contributed by atoms with Gasteiger partial charge in [-0.15, -0.1) is 0 Å². The highest BCUT2D eigenvalue weighted by Crippen LogP contribution is 2.30. The molecule has 0 unspecified atom stereocenters. The first-order valence-corrected chi connectivity index (χ1v) is 26.9. The normalized spacial score (nSPS) is 17.3. The molecule has 430 valence electrons. The van der Waals surface area contributed by atoms with Crippen LogP contribution in [0.3, 0.4) is 0 Å². The lowest BCUT2D eigenvalue weighted by Crippen LogP contribution is -2.58. The van der Waals surface area contributed by atoms with Crippen LogP contribution in [0.5, 0.6) is 0 Å². The topological polar surface area (TPSA) is 280 Å². The quantitative estimate of drug-likeness (QED) is 0.0517. The molecule has 1 heterocycles. The number of nitrogens with zero attached hydrogens (tertiary/aromatic N) is 3. The van der Waals surface area contributed by atoms with Gasteiger partial charge in [0.15, 0.2) is 0 Å². The summed E-state index contributed by atoms with van der Waals surface area (Å²) in [5.41, 5.74) is 6.85. The number of hydrogen-bond acceptors (Lipinski definition) is 12. The summed E-state index contributed by atoms with van der Waals surface area (Å²) < 4.78 is 17.6. The van der Waals surface area contributed by atoms with E-state index in [1.165, 1.54) is 31.1 Å². The molecule has 1 aliphatic rings. The monoisotopic (exact) mass is 1080 g/mol. The van der Waals surface area contributed by atoms with Gasteiger partial charge in [0.2, 0.25) is 35.4 Å². The third kappa shape index (κ3) is 19.6. The number of hydrogen-bond donors (Lipinski definition) is 7. The van der Waals surface area contributed by atoms with Gasteiger partial charge in [0.25, 0.3) is 0 Å². The van der Waals surface area contributed by atoms with Crippen LogP contribution in [0.25, 0.3) is 0 Å². The third-order valence-corrected chi connectivity index (χ3v) is 14.4. The van der Waals surface area contributed by atoms with Gasteiger partial charge in [-0.05, 0) is 80.5 Å². The Bertz CT molecular complexity index is 2230. The zero-order valence-electron chi connectivity index (χ0n) is 47.6. The van der Waals surface area contributed by atoms with Gasteiger partial charge in [0, 0.05) is 53.5 Å². The Morgan fingerprint density at radius 3 is 2.03 bits per heavy atom. The molecule has 1 aliphatic heterocycles. The Balaban J connectivity index is 1.64. The van der Waals surface area contributed by atoms with E-state index in [4.69, 9.17) is 19.9 Å². The molecule has 8 N–H and O–H groups in total. The lowest BCUT2D eigenvalue weighted by molar-refractivity contribution is -0.147. The average molecular weight is 1080 g/mol. The van der Waals surface area contributed by atoms with Gasteiger partial charge >= 0.3 is 12.1 Å². The smallest absolute Gasteiger partial charge is 0.410 e. The number of ether oxygens (including phenoxy) is 3. The molecular weight excluding hydrogens is 991 g/mol. The number of rotatable bonds is 30. The van der Waals surface area contributed by atoms with Gasteiger partial charge in [0.1, 0.15) is 24.7 Å². The minimum Gasteiger partial charge on any atom is -0.445 e. The fraction of sp³-hybridized carbons (Fsp3) is 0.643. The van der Waals surface area contributed by atoms with E-state index >= 15 is 0 Å². The second-order valence-corrected chi connectivity index (χ2v) is 21.2. The lowest BCUT2D eigenvalue weighted by Gasteiger charge is -2.40. The predicted octanol–water partition coefficient (Wildman–Crippen LogP) is 4.86. The second kappa shape index (κ2) is 31.8. The number of aliphatic hydroxyl groups is 1.